The Morgan fingerprint density at radius 2 is 1.57 bits per heavy atom. The van der Waals surface area contributed by atoms with E-state index in [0.717, 1.165) is 5.56 Å². The van der Waals surface area contributed by atoms with Crippen molar-refractivity contribution in [2.24, 2.45) is 5.10 Å². The highest BCUT2D eigenvalue weighted by Crippen LogP contribution is 2.38. The van der Waals surface area contributed by atoms with Crippen molar-refractivity contribution in [3.63, 3.8) is 0 Å². The van der Waals surface area contributed by atoms with Crippen molar-refractivity contribution in [1.82, 2.24) is 5.43 Å². The van der Waals surface area contributed by atoms with Crippen LogP contribution in [0.4, 0.5) is 0 Å². The number of methoxy groups -OCH3 is 3. The number of hydrazone groups is 1. The Morgan fingerprint density at radius 3 is 2.18 bits per heavy atom. The van der Waals surface area contributed by atoms with Crippen LogP contribution in [0.3, 0.4) is 0 Å². The summed E-state index contributed by atoms with van der Waals surface area (Å²) in [4.78, 5) is 12.5. The number of nitrogens with one attached hydrogen (secondary N) is 1. The summed E-state index contributed by atoms with van der Waals surface area (Å²) in [6.07, 6.45) is 0. The van der Waals surface area contributed by atoms with E-state index in [9.17, 15) is 4.79 Å². The van der Waals surface area contributed by atoms with E-state index in [4.69, 9.17) is 23.7 Å². The number of carbonyl (C=O) groups is 1. The summed E-state index contributed by atoms with van der Waals surface area (Å²) < 4.78 is 26.9. The molecule has 0 saturated carbocycles. The van der Waals surface area contributed by atoms with E-state index < -0.39 is 5.91 Å². The average molecular weight is 386 g/mol. The molecule has 28 heavy (non-hydrogen) atoms. The third-order valence-electron chi connectivity index (χ3n) is 4.21. The van der Waals surface area contributed by atoms with Gasteiger partial charge in [0.25, 0.3) is 5.91 Å². The minimum absolute atomic E-state index is 0.327. The number of hydrogen-bond donors (Lipinski definition) is 1. The van der Waals surface area contributed by atoms with Gasteiger partial charge in [-0.2, -0.15) is 5.10 Å². The summed E-state index contributed by atoms with van der Waals surface area (Å²) >= 11 is 0. The van der Waals surface area contributed by atoms with Crippen molar-refractivity contribution in [2.45, 2.75) is 6.92 Å². The smallest absolute Gasteiger partial charge is 0.271 e. The summed E-state index contributed by atoms with van der Waals surface area (Å²) in [7, 11) is 4.48. The largest absolute Gasteiger partial charge is 0.493 e. The van der Waals surface area contributed by atoms with E-state index >= 15 is 0 Å². The van der Waals surface area contributed by atoms with Gasteiger partial charge in [0.15, 0.2) is 23.0 Å². The molecule has 0 radical (unpaired) electrons. The minimum atomic E-state index is -0.406. The van der Waals surface area contributed by atoms with Crippen LogP contribution in [0, 0.1) is 0 Å². The van der Waals surface area contributed by atoms with Gasteiger partial charge in [-0.15, -0.1) is 0 Å². The molecule has 1 heterocycles. The van der Waals surface area contributed by atoms with Gasteiger partial charge in [0.05, 0.1) is 27.0 Å². The molecule has 0 unspecified atom stereocenters. The van der Waals surface area contributed by atoms with Crippen molar-refractivity contribution in [1.29, 1.82) is 0 Å². The van der Waals surface area contributed by atoms with E-state index in [1.807, 2.05) is 18.2 Å². The van der Waals surface area contributed by atoms with Crippen LogP contribution in [0.2, 0.25) is 0 Å². The number of carbonyl (C=O) groups excluding carboxylic acids is 1. The highest BCUT2D eigenvalue weighted by atomic mass is 16.6. The molecular weight excluding hydrogens is 364 g/mol. The highest BCUT2D eigenvalue weighted by molar-refractivity contribution is 6.01. The zero-order valence-electron chi connectivity index (χ0n) is 16.2. The van der Waals surface area contributed by atoms with Gasteiger partial charge >= 0.3 is 0 Å². The van der Waals surface area contributed by atoms with Crippen molar-refractivity contribution in [2.75, 3.05) is 34.5 Å². The third-order valence-corrected chi connectivity index (χ3v) is 4.21. The Hall–Kier alpha value is -3.42. The maximum absolute atomic E-state index is 12.5. The fourth-order valence-corrected chi connectivity index (χ4v) is 2.74. The van der Waals surface area contributed by atoms with Gasteiger partial charge in [0.2, 0.25) is 5.75 Å². The first-order valence-electron chi connectivity index (χ1n) is 8.62. The van der Waals surface area contributed by atoms with Crippen LogP contribution in [-0.2, 0) is 0 Å². The lowest BCUT2D eigenvalue weighted by Crippen LogP contribution is -2.20. The third kappa shape index (κ3) is 3.95. The fourth-order valence-electron chi connectivity index (χ4n) is 2.74. The van der Waals surface area contributed by atoms with Crippen molar-refractivity contribution in [3.8, 4) is 28.7 Å². The van der Waals surface area contributed by atoms with Crippen molar-refractivity contribution in [3.05, 3.63) is 41.5 Å². The van der Waals surface area contributed by atoms with E-state index in [0.29, 0.717) is 53.2 Å². The van der Waals surface area contributed by atoms with Gasteiger partial charge in [-0.05, 0) is 37.3 Å². The summed E-state index contributed by atoms with van der Waals surface area (Å²) in [5, 5.41) is 4.18. The number of benzene rings is 2. The van der Waals surface area contributed by atoms with Crippen LogP contribution in [0.15, 0.2) is 35.4 Å². The topological polar surface area (TPSA) is 87.6 Å². The quantitative estimate of drug-likeness (QED) is 0.607. The normalized spacial score (nSPS) is 12.9. The molecule has 148 valence electrons. The molecule has 0 atom stereocenters. The van der Waals surface area contributed by atoms with Crippen LogP contribution in [0.25, 0.3) is 0 Å². The Balaban J connectivity index is 1.79. The van der Waals surface area contributed by atoms with E-state index in [-0.39, 0.29) is 0 Å². The monoisotopic (exact) mass is 386 g/mol. The van der Waals surface area contributed by atoms with E-state index in [2.05, 4.69) is 10.5 Å². The molecule has 8 heteroatoms. The molecule has 0 spiro atoms. The van der Waals surface area contributed by atoms with Gasteiger partial charge < -0.3 is 23.7 Å². The van der Waals surface area contributed by atoms with Gasteiger partial charge in [-0.3, -0.25) is 4.79 Å². The Labute approximate surface area is 163 Å². The predicted molar refractivity (Wildman–Crippen MR) is 103 cm³/mol. The molecule has 1 amide bonds. The number of nitrogens with zero attached hydrogens (tertiary/aromatic N) is 1. The van der Waals surface area contributed by atoms with Crippen LogP contribution in [0.1, 0.15) is 22.8 Å². The second kappa shape index (κ2) is 8.51. The average Bonchev–Trinajstić information content (AvgIpc) is 2.75. The number of rotatable bonds is 6. The Kier molecular flexibility index (Phi) is 5.88. The molecule has 0 fully saturated rings. The van der Waals surface area contributed by atoms with Crippen LogP contribution in [0.5, 0.6) is 28.7 Å². The Bertz CT molecular complexity index is 885. The van der Waals surface area contributed by atoms with Crippen LogP contribution < -0.4 is 29.1 Å². The van der Waals surface area contributed by atoms with Crippen LogP contribution >= 0.6 is 0 Å². The zero-order chi connectivity index (χ0) is 20.1. The second-order valence-corrected chi connectivity index (χ2v) is 5.91. The number of hydrogen-bond acceptors (Lipinski definition) is 7. The molecular formula is C20H22N2O6. The lowest BCUT2D eigenvalue weighted by molar-refractivity contribution is 0.0954. The van der Waals surface area contributed by atoms with Crippen LogP contribution in [-0.4, -0.2) is 46.2 Å². The molecule has 8 nitrogen and oxygen atoms in total. The number of amides is 1. The first-order valence-corrected chi connectivity index (χ1v) is 8.62. The minimum Gasteiger partial charge on any atom is -0.493 e. The number of fused-ring (bicyclic) bond motifs is 1. The molecule has 2 aromatic carbocycles. The summed E-state index contributed by atoms with van der Waals surface area (Å²) in [6, 6.07) is 8.64. The lowest BCUT2D eigenvalue weighted by atomic mass is 10.1. The highest BCUT2D eigenvalue weighted by Gasteiger charge is 2.17. The standard InChI is InChI=1S/C20H22N2O6/c1-12(13-5-6-15-16(9-13)28-8-7-27-15)21-22-20(23)14-10-17(24-2)19(26-4)18(11-14)25-3/h5-6,9-11H,7-8H2,1-4H3,(H,22,23)/b21-12+. The zero-order valence-corrected chi connectivity index (χ0v) is 16.2. The first-order chi connectivity index (χ1) is 13.6. The maximum atomic E-state index is 12.5. The molecule has 3 rings (SSSR count). The fraction of sp³-hybridized carbons (Fsp3) is 0.300. The SMILES string of the molecule is COc1cc(C(=O)N/N=C(\C)c2ccc3c(c2)OCCO3)cc(OC)c1OC. The summed E-state index contributed by atoms with van der Waals surface area (Å²) in [5.74, 6) is 2.14. The van der Waals surface area contributed by atoms with Gasteiger partial charge in [0.1, 0.15) is 13.2 Å². The number of ether oxygens (including phenoxy) is 5. The molecule has 1 N–H and O–H groups in total. The summed E-state index contributed by atoms with van der Waals surface area (Å²) in [6.45, 7) is 2.83. The molecule has 0 bridgehead atoms. The molecule has 1 aliphatic rings. The van der Waals surface area contributed by atoms with E-state index in [1.165, 1.54) is 21.3 Å². The predicted octanol–water partition coefficient (Wildman–Crippen LogP) is 2.64. The maximum Gasteiger partial charge on any atom is 0.271 e. The van der Waals surface area contributed by atoms with Gasteiger partial charge in [-0.25, -0.2) is 5.43 Å². The van der Waals surface area contributed by atoms with E-state index in [1.54, 1.807) is 19.1 Å². The van der Waals surface area contributed by atoms with Gasteiger partial charge in [0, 0.05) is 11.1 Å². The first kappa shape index (κ1) is 19.3. The Morgan fingerprint density at radius 1 is 0.929 bits per heavy atom. The van der Waals surface area contributed by atoms with Crippen molar-refractivity contribution >= 4 is 11.6 Å². The second-order valence-electron chi connectivity index (χ2n) is 5.91. The molecule has 0 saturated heterocycles. The van der Waals surface area contributed by atoms with Crippen molar-refractivity contribution < 1.29 is 28.5 Å². The molecule has 0 aromatic heterocycles. The molecule has 1 aliphatic heterocycles. The lowest BCUT2D eigenvalue weighted by Gasteiger charge is -2.18. The summed E-state index contributed by atoms with van der Waals surface area (Å²) in [5.41, 5.74) is 4.31. The van der Waals surface area contributed by atoms with Gasteiger partial charge in [-0.1, -0.05) is 0 Å². The molecule has 2 aromatic rings. The molecule has 0 aliphatic carbocycles.